The highest BCUT2D eigenvalue weighted by Gasteiger charge is 2.13. The van der Waals surface area contributed by atoms with Crippen LogP contribution in [0.25, 0.3) is 0 Å². The van der Waals surface area contributed by atoms with Crippen LogP contribution >= 0.6 is 0 Å². The molecule has 2 amide bonds. The van der Waals surface area contributed by atoms with Crippen LogP contribution in [0.4, 0.5) is 4.79 Å². The third kappa shape index (κ3) is 4.53. The number of nitrogens with zero attached hydrogens (tertiary/aromatic N) is 1. The molecule has 21 heavy (non-hydrogen) atoms. The molecule has 1 aromatic carbocycles. The largest absolute Gasteiger partial charge is 0.490 e. The van der Waals surface area contributed by atoms with E-state index in [4.69, 9.17) is 9.47 Å². The summed E-state index contributed by atoms with van der Waals surface area (Å²) in [6.45, 7) is 3.35. The molecule has 0 fully saturated rings. The molecule has 1 aliphatic heterocycles. The number of ether oxygens (including phenoxy) is 2. The Morgan fingerprint density at radius 1 is 1.24 bits per heavy atom. The number of urea groups is 1. The minimum Gasteiger partial charge on any atom is -0.490 e. The molecule has 116 valence electrons. The zero-order chi connectivity index (χ0) is 15.1. The lowest BCUT2D eigenvalue weighted by Crippen LogP contribution is -2.38. The van der Waals surface area contributed by atoms with E-state index in [0.29, 0.717) is 32.8 Å². The Labute approximate surface area is 125 Å². The van der Waals surface area contributed by atoms with E-state index < -0.39 is 0 Å². The van der Waals surface area contributed by atoms with Gasteiger partial charge in [-0.3, -0.25) is 0 Å². The van der Waals surface area contributed by atoms with Crippen molar-refractivity contribution in [1.82, 2.24) is 15.5 Å². The average Bonchev–Trinajstić information content (AvgIpc) is 2.72. The summed E-state index contributed by atoms with van der Waals surface area (Å²) in [6.07, 6.45) is 0.901. The van der Waals surface area contributed by atoms with Crippen LogP contribution in [0.5, 0.6) is 11.5 Å². The first-order valence-electron chi connectivity index (χ1n) is 7.22. The van der Waals surface area contributed by atoms with Crippen LogP contribution in [-0.4, -0.2) is 51.3 Å². The second-order valence-electron chi connectivity index (χ2n) is 5.10. The standard InChI is InChI=1S/C15H23N3O3/c1-18(2)15(19)17-8-7-16-11-12-5-3-6-13-14(12)21-10-4-9-20-13/h3,5-6,16H,4,7-11H2,1-2H3,(H,17,19). The molecule has 0 aliphatic carbocycles. The molecule has 0 saturated heterocycles. The van der Waals surface area contributed by atoms with Crippen LogP contribution in [0.1, 0.15) is 12.0 Å². The molecule has 6 nitrogen and oxygen atoms in total. The Morgan fingerprint density at radius 2 is 2.05 bits per heavy atom. The van der Waals surface area contributed by atoms with E-state index in [2.05, 4.69) is 10.6 Å². The predicted octanol–water partition coefficient (Wildman–Crippen LogP) is 1.21. The molecule has 0 atom stereocenters. The molecule has 0 saturated carbocycles. The highest BCUT2D eigenvalue weighted by atomic mass is 16.5. The summed E-state index contributed by atoms with van der Waals surface area (Å²) in [4.78, 5) is 12.9. The van der Waals surface area contributed by atoms with Gasteiger partial charge < -0.3 is 25.0 Å². The molecule has 6 heteroatoms. The molecule has 0 radical (unpaired) electrons. The number of para-hydroxylation sites is 1. The number of amides is 2. The molecule has 2 N–H and O–H groups in total. The van der Waals surface area contributed by atoms with Crippen molar-refractivity contribution in [1.29, 1.82) is 0 Å². The number of fused-ring (bicyclic) bond motifs is 1. The van der Waals surface area contributed by atoms with Crippen LogP contribution in [-0.2, 0) is 6.54 Å². The van der Waals surface area contributed by atoms with Gasteiger partial charge in [0.1, 0.15) is 0 Å². The van der Waals surface area contributed by atoms with E-state index in [0.717, 1.165) is 23.5 Å². The van der Waals surface area contributed by atoms with Gasteiger partial charge in [0.25, 0.3) is 0 Å². The van der Waals surface area contributed by atoms with Crippen LogP contribution in [0, 0.1) is 0 Å². The highest BCUT2D eigenvalue weighted by molar-refractivity contribution is 5.73. The van der Waals surface area contributed by atoms with Crippen molar-refractivity contribution in [2.24, 2.45) is 0 Å². The van der Waals surface area contributed by atoms with Gasteiger partial charge in [-0.1, -0.05) is 12.1 Å². The van der Waals surface area contributed by atoms with Crippen molar-refractivity contribution in [2.75, 3.05) is 40.4 Å². The minimum atomic E-state index is -0.0814. The Balaban J connectivity index is 1.80. The summed E-state index contributed by atoms with van der Waals surface area (Å²) in [5.74, 6) is 1.65. The molecular formula is C15H23N3O3. The second kappa shape index (κ2) is 7.73. The van der Waals surface area contributed by atoms with Crippen molar-refractivity contribution in [2.45, 2.75) is 13.0 Å². The number of rotatable bonds is 5. The fourth-order valence-corrected chi connectivity index (χ4v) is 2.03. The summed E-state index contributed by atoms with van der Waals surface area (Å²) < 4.78 is 11.4. The molecular weight excluding hydrogens is 270 g/mol. The van der Waals surface area contributed by atoms with Gasteiger partial charge in [0.05, 0.1) is 13.2 Å². The van der Waals surface area contributed by atoms with Crippen molar-refractivity contribution < 1.29 is 14.3 Å². The number of hydrogen-bond donors (Lipinski definition) is 2. The van der Waals surface area contributed by atoms with E-state index in [1.807, 2.05) is 18.2 Å². The Kier molecular flexibility index (Phi) is 5.68. The first kappa shape index (κ1) is 15.4. The molecule has 0 unspecified atom stereocenters. The van der Waals surface area contributed by atoms with E-state index >= 15 is 0 Å². The molecule has 1 aromatic rings. The maximum absolute atomic E-state index is 11.4. The zero-order valence-corrected chi connectivity index (χ0v) is 12.6. The molecule has 1 aliphatic rings. The van der Waals surface area contributed by atoms with Crippen molar-refractivity contribution in [3.8, 4) is 11.5 Å². The number of benzene rings is 1. The third-order valence-electron chi connectivity index (χ3n) is 3.15. The van der Waals surface area contributed by atoms with Gasteiger partial charge >= 0.3 is 6.03 Å². The number of nitrogens with one attached hydrogen (secondary N) is 2. The molecule has 0 bridgehead atoms. The van der Waals surface area contributed by atoms with Crippen molar-refractivity contribution in [3.63, 3.8) is 0 Å². The lowest BCUT2D eigenvalue weighted by atomic mass is 10.2. The SMILES string of the molecule is CN(C)C(=O)NCCNCc1cccc2c1OCCCO2. The predicted molar refractivity (Wildman–Crippen MR) is 80.8 cm³/mol. The summed E-state index contributed by atoms with van der Waals surface area (Å²) in [6, 6.07) is 5.85. The summed E-state index contributed by atoms with van der Waals surface area (Å²) in [7, 11) is 3.44. The first-order chi connectivity index (χ1) is 10.2. The van der Waals surface area contributed by atoms with Gasteiger partial charge in [-0.15, -0.1) is 0 Å². The van der Waals surface area contributed by atoms with E-state index in [9.17, 15) is 4.79 Å². The van der Waals surface area contributed by atoms with Gasteiger partial charge in [-0.25, -0.2) is 4.79 Å². The average molecular weight is 293 g/mol. The number of carbonyl (C=O) groups excluding carboxylic acids is 1. The van der Waals surface area contributed by atoms with Crippen LogP contribution in [0.3, 0.4) is 0 Å². The molecule has 0 aromatic heterocycles. The topological polar surface area (TPSA) is 62.8 Å². The lowest BCUT2D eigenvalue weighted by molar-refractivity contribution is 0.217. The summed E-state index contributed by atoms with van der Waals surface area (Å²) in [5.41, 5.74) is 1.08. The molecule has 2 rings (SSSR count). The normalized spacial score (nSPS) is 13.4. The first-order valence-corrected chi connectivity index (χ1v) is 7.22. The van der Waals surface area contributed by atoms with E-state index in [1.54, 1.807) is 14.1 Å². The second-order valence-corrected chi connectivity index (χ2v) is 5.10. The third-order valence-corrected chi connectivity index (χ3v) is 3.15. The maximum atomic E-state index is 11.4. The maximum Gasteiger partial charge on any atom is 0.316 e. The zero-order valence-electron chi connectivity index (χ0n) is 12.6. The van der Waals surface area contributed by atoms with Gasteiger partial charge in [0.2, 0.25) is 0 Å². The van der Waals surface area contributed by atoms with Gasteiger partial charge in [-0.05, 0) is 6.07 Å². The van der Waals surface area contributed by atoms with Gasteiger partial charge in [0.15, 0.2) is 11.5 Å². The smallest absolute Gasteiger partial charge is 0.316 e. The minimum absolute atomic E-state index is 0.0814. The van der Waals surface area contributed by atoms with Gasteiger partial charge in [0, 0.05) is 45.7 Å². The van der Waals surface area contributed by atoms with Crippen LogP contribution < -0.4 is 20.1 Å². The molecule has 1 heterocycles. The summed E-state index contributed by atoms with van der Waals surface area (Å²) in [5, 5.41) is 6.11. The lowest BCUT2D eigenvalue weighted by Gasteiger charge is -2.14. The Hall–Kier alpha value is -1.95. The number of carbonyl (C=O) groups is 1. The van der Waals surface area contributed by atoms with Crippen LogP contribution in [0.15, 0.2) is 18.2 Å². The van der Waals surface area contributed by atoms with E-state index in [1.165, 1.54) is 4.90 Å². The van der Waals surface area contributed by atoms with Crippen LogP contribution in [0.2, 0.25) is 0 Å². The highest BCUT2D eigenvalue weighted by Crippen LogP contribution is 2.32. The number of hydrogen-bond acceptors (Lipinski definition) is 4. The van der Waals surface area contributed by atoms with Gasteiger partial charge in [-0.2, -0.15) is 0 Å². The van der Waals surface area contributed by atoms with E-state index in [-0.39, 0.29) is 6.03 Å². The van der Waals surface area contributed by atoms with Crippen molar-refractivity contribution >= 4 is 6.03 Å². The van der Waals surface area contributed by atoms with Crippen molar-refractivity contribution in [3.05, 3.63) is 23.8 Å². The summed E-state index contributed by atoms with van der Waals surface area (Å²) >= 11 is 0. The fraction of sp³-hybridized carbons (Fsp3) is 0.533. The Bertz CT molecular complexity index is 477. The fourth-order valence-electron chi connectivity index (χ4n) is 2.03. The quantitative estimate of drug-likeness (QED) is 0.801. The molecule has 0 spiro atoms. The monoisotopic (exact) mass is 293 g/mol. The Morgan fingerprint density at radius 3 is 2.86 bits per heavy atom.